The lowest BCUT2D eigenvalue weighted by atomic mass is 10.1. The second-order valence-electron chi connectivity index (χ2n) is 8.76. The van der Waals surface area contributed by atoms with Crippen molar-refractivity contribution < 1.29 is 13.2 Å². The molecule has 1 fully saturated rings. The third-order valence-corrected chi connectivity index (χ3v) is 8.36. The molecule has 0 unspecified atom stereocenters. The van der Waals surface area contributed by atoms with Gasteiger partial charge in [-0.2, -0.15) is 4.31 Å². The fraction of sp³-hybridized carbons (Fsp3) is 0.385. The Bertz CT molecular complexity index is 1260. The van der Waals surface area contributed by atoms with Crippen LogP contribution in [0.4, 0.5) is 5.69 Å². The minimum absolute atomic E-state index is 0.0148. The Morgan fingerprint density at radius 3 is 2.54 bits per heavy atom. The molecule has 2 N–H and O–H groups in total. The summed E-state index contributed by atoms with van der Waals surface area (Å²) >= 11 is 6.04. The third kappa shape index (κ3) is 6.72. The summed E-state index contributed by atoms with van der Waals surface area (Å²) in [6.07, 6.45) is 6.38. The number of rotatable bonds is 10. The number of nitrogens with one attached hydrogen (secondary N) is 2. The van der Waals surface area contributed by atoms with Gasteiger partial charge in [-0.3, -0.25) is 9.78 Å². The van der Waals surface area contributed by atoms with E-state index in [9.17, 15) is 13.2 Å². The highest BCUT2D eigenvalue weighted by Gasteiger charge is 2.25. The van der Waals surface area contributed by atoms with E-state index >= 15 is 0 Å². The maximum Gasteiger partial charge on any atom is 0.243 e. The first-order valence-corrected chi connectivity index (χ1v) is 13.9. The Labute approximate surface area is 211 Å². The van der Waals surface area contributed by atoms with Crippen molar-refractivity contribution >= 4 is 44.1 Å². The van der Waals surface area contributed by atoms with Crippen LogP contribution in [0.1, 0.15) is 37.7 Å². The van der Waals surface area contributed by atoms with Gasteiger partial charge in [0.05, 0.1) is 10.4 Å². The number of hydrogen-bond acceptors (Lipinski definition) is 5. The number of anilines is 1. The molecule has 0 radical (unpaired) electrons. The Balaban J connectivity index is 1.17. The van der Waals surface area contributed by atoms with E-state index in [1.54, 1.807) is 34.8 Å². The van der Waals surface area contributed by atoms with Crippen molar-refractivity contribution in [2.24, 2.45) is 0 Å². The molecule has 7 nitrogen and oxygen atoms in total. The SMILES string of the molecule is O=C(CCc1ccc(S(=O)(=O)N2CCCCC2)cc1)NCCCNc1ccnc2cc(Cl)ccc12. The summed E-state index contributed by atoms with van der Waals surface area (Å²) in [5.41, 5.74) is 2.78. The lowest BCUT2D eigenvalue weighted by Gasteiger charge is -2.25. The molecule has 0 spiro atoms. The maximum atomic E-state index is 12.8. The summed E-state index contributed by atoms with van der Waals surface area (Å²) in [6, 6.07) is 14.5. The molecule has 0 aliphatic carbocycles. The Kier molecular flexibility index (Phi) is 8.59. The van der Waals surface area contributed by atoms with E-state index in [0.29, 0.717) is 42.4 Å². The molecular formula is C26H31ClN4O3S. The van der Waals surface area contributed by atoms with Gasteiger partial charge >= 0.3 is 0 Å². The van der Waals surface area contributed by atoms with Crippen molar-refractivity contribution in [3.05, 3.63) is 65.3 Å². The van der Waals surface area contributed by atoms with Crippen LogP contribution >= 0.6 is 11.6 Å². The number of sulfonamides is 1. The monoisotopic (exact) mass is 514 g/mol. The number of carbonyl (C=O) groups excluding carboxylic acids is 1. The number of carbonyl (C=O) groups is 1. The van der Waals surface area contributed by atoms with Crippen LogP contribution in [0.3, 0.4) is 0 Å². The normalized spacial score (nSPS) is 14.7. The van der Waals surface area contributed by atoms with Crippen molar-refractivity contribution in [2.45, 2.75) is 43.4 Å². The van der Waals surface area contributed by atoms with Crippen LogP contribution in [0.2, 0.25) is 5.02 Å². The molecule has 1 aromatic heterocycles. The molecule has 2 aromatic carbocycles. The van der Waals surface area contributed by atoms with Gasteiger partial charge in [0.2, 0.25) is 15.9 Å². The lowest BCUT2D eigenvalue weighted by molar-refractivity contribution is -0.121. The van der Waals surface area contributed by atoms with Gasteiger partial charge < -0.3 is 10.6 Å². The molecule has 186 valence electrons. The zero-order chi connectivity index (χ0) is 24.7. The first kappa shape index (κ1) is 25.4. The maximum absolute atomic E-state index is 12.8. The summed E-state index contributed by atoms with van der Waals surface area (Å²) in [7, 11) is -3.42. The smallest absolute Gasteiger partial charge is 0.243 e. The summed E-state index contributed by atoms with van der Waals surface area (Å²) in [4.78, 5) is 16.9. The highest BCUT2D eigenvalue weighted by molar-refractivity contribution is 7.89. The van der Waals surface area contributed by atoms with E-state index in [0.717, 1.165) is 54.4 Å². The number of hydrogen-bond donors (Lipinski definition) is 2. The minimum atomic E-state index is -3.42. The van der Waals surface area contributed by atoms with Crippen LogP contribution in [0.15, 0.2) is 59.6 Å². The summed E-state index contributed by atoms with van der Waals surface area (Å²) in [5, 5.41) is 8.01. The number of amides is 1. The van der Waals surface area contributed by atoms with Gasteiger partial charge in [-0.15, -0.1) is 0 Å². The fourth-order valence-corrected chi connectivity index (χ4v) is 5.93. The quantitative estimate of drug-likeness (QED) is 0.385. The van der Waals surface area contributed by atoms with Crippen LogP contribution in [-0.4, -0.2) is 49.8 Å². The van der Waals surface area contributed by atoms with Gasteiger partial charge in [0, 0.05) is 54.9 Å². The Morgan fingerprint density at radius 1 is 1.00 bits per heavy atom. The largest absolute Gasteiger partial charge is 0.384 e. The first-order chi connectivity index (χ1) is 16.9. The van der Waals surface area contributed by atoms with Crippen LogP contribution in [0.25, 0.3) is 10.9 Å². The second-order valence-corrected chi connectivity index (χ2v) is 11.1. The van der Waals surface area contributed by atoms with Crippen molar-refractivity contribution in [1.82, 2.24) is 14.6 Å². The summed E-state index contributed by atoms with van der Waals surface area (Å²) in [5.74, 6) is -0.0148. The minimum Gasteiger partial charge on any atom is -0.384 e. The number of benzene rings is 2. The van der Waals surface area contributed by atoms with Crippen LogP contribution < -0.4 is 10.6 Å². The van der Waals surface area contributed by atoms with Crippen LogP contribution in [0, 0.1) is 0 Å². The van der Waals surface area contributed by atoms with Crippen molar-refractivity contribution in [2.75, 3.05) is 31.5 Å². The molecular weight excluding hydrogens is 484 g/mol. The molecule has 0 bridgehead atoms. The second kappa shape index (κ2) is 11.8. The van der Waals surface area contributed by atoms with Crippen molar-refractivity contribution in [3.8, 4) is 0 Å². The number of fused-ring (bicyclic) bond motifs is 1. The zero-order valence-corrected chi connectivity index (χ0v) is 21.2. The molecule has 1 amide bonds. The molecule has 1 saturated heterocycles. The number of piperidine rings is 1. The van der Waals surface area contributed by atoms with Crippen molar-refractivity contribution in [1.29, 1.82) is 0 Å². The van der Waals surface area contributed by atoms with Gasteiger partial charge in [-0.1, -0.05) is 30.2 Å². The highest BCUT2D eigenvalue weighted by Crippen LogP contribution is 2.24. The summed E-state index contributed by atoms with van der Waals surface area (Å²) < 4.78 is 27.1. The Morgan fingerprint density at radius 2 is 1.77 bits per heavy atom. The average Bonchev–Trinajstić information content (AvgIpc) is 2.88. The van der Waals surface area contributed by atoms with E-state index < -0.39 is 10.0 Å². The fourth-order valence-electron chi connectivity index (χ4n) is 4.24. The first-order valence-electron chi connectivity index (χ1n) is 12.1. The van der Waals surface area contributed by atoms with E-state index in [1.165, 1.54) is 0 Å². The van der Waals surface area contributed by atoms with E-state index in [2.05, 4.69) is 15.6 Å². The molecule has 9 heteroatoms. The van der Waals surface area contributed by atoms with Gasteiger partial charge in [0.15, 0.2) is 0 Å². The van der Waals surface area contributed by atoms with Gasteiger partial charge in [0.1, 0.15) is 0 Å². The van der Waals surface area contributed by atoms with E-state index in [-0.39, 0.29) is 5.91 Å². The molecule has 35 heavy (non-hydrogen) atoms. The number of aryl methyl sites for hydroxylation is 1. The number of pyridine rings is 1. The topological polar surface area (TPSA) is 91.4 Å². The van der Waals surface area contributed by atoms with Gasteiger partial charge in [-0.05, 0) is 67.6 Å². The van der Waals surface area contributed by atoms with E-state index in [1.807, 2.05) is 24.3 Å². The summed E-state index contributed by atoms with van der Waals surface area (Å²) in [6.45, 7) is 2.48. The molecule has 1 aliphatic heterocycles. The van der Waals surface area contributed by atoms with Gasteiger partial charge in [-0.25, -0.2) is 8.42 Å². The molecule has 2 heterocycles. The molecule has 0 saturated carbocycles. The predicted molar refractivity (Wildman–Crippen MR) is 140 cm³/mol. The lowest BCUT2D eigenvalue weighted by Crippen LogP contribution is -2.35. The molecule has 3 aromatic rings. The molecule has 0 atom stereocenters. The number of halogens is 1. The zero-order valence-electron chi connectivity index (χ0n) is 19.7. The molecule has 4 rings (SSSR count). The standard InChI is InChI=1S/C26H31ClN4O3S/c27-21-8-11-23-24(13-16-29-25(23)19-21)28-14-4-15-30-26(32)12-7-20-5-9-22(10-6-20)35(33,34)31-17-2-1-3-18-31/h5-6,8-11,13,16,19H,1-4,7,12,14-15,17-18H2,(H,28,29)(H,30,32). The molecule has 1 aliphatic rings. The number of aromatic nitrogens is 1. The number of nitrogens with zero attached hydrogens (tertiary/aromatic N) is 2. The van der Waals surface area contributed by atoms with Crippen molar-refractivity contribution in [3.63, 3.8) is 0 Å². The van der Waals surface area contributed by atoms with E-state index in [4.69, 9.17) is 11.6 Å². The average molecular weight is 515 g/mol. The van der Waals surface area contributed by atoms with Crippen LogP contribution in [0.5, 0.6) is 0 Å². The highest BCUT2D eigenvalue weighted by atomic mass is 35.5. The third-order valence-electron chi connectivity index (χ3n) is 6.21. The van der Waals surface area contributed by atoms with Crippen LogP contribution in [-0.2, 0) is 21.2 Å². The predicted octanol–water partition coefficient (Wildman–Crippen LogP) is 4.61. The van der Waals surface area contributed by atoms with Gasteiger partial charge in [0.25, 0.3) is 0 Å². The Hall–Kier alpha value is -2.68.